The molecule has 4 saturated heterocycles. The van der Waals surface area contributed by atoms with Crippen LogP contribution in [0.2, 0.25) is 0 Å². The van der Waals surface area contributed by atoms with Gasteiger partial charge in [0.1, 0.15) is 11.5 Å². The Morgan fingerprint density at radius 3 is 2.25 bits per heavy atom. The number of benzene rings is 2. The average Bonchev–Trinajstić information content (AvgIpc) is 3.96. The molecule has 0 spiro atoms. The quantitative estimate of drug-likeness (QED) is 0.141. The average molecular weight is 946 g/mol. The Kier molecular flexibility index (Phi) is 13.2. The van der Waals surface area contributed by atoms with E-state index in [1.165, 1.54) is 16.5 Å². The summed E-state index contributed by atoms with van der Waals surface area (Å²) in [5.74, 6) is 1.30. The third-order valence-corrected chi connectivity index (χ3v) is 15.8. The SMILES string of the molecule is CC(C)c1cc(C(=O)N2Cc3ccc(CN4CCN(C5CCN(C(=O)CC6(O)CCN(Cc7cc8nc(-c9cnc(N)nc9)nc(N9CCOCC9)c8s7)CC6)CC5)CC4)cc3C2)c(O)cc1O. The molecule has 8 heterocycles. The van der Waals surface area contributed by atoms with Crippen LogP contribution in [0.1, 0.15) is 89.4 Å². The molecule has 17 nitrogen and oxygen atoms in total. The van der Waals surface area contributed by atoms with E-state index in [4.69, 9.17) is 20.4 Å². The van der Waals surface area contributed by atoms with Crippen molar-refractivity contribution in [2.75, 3.05) is 89.3 Å². The van der Waals surface area contributed by atoms with Crippen LogP contribution < -0.4 is 10.6 Å². The number of rotatable bonds is 11. The number of carbonyl (C=O) groups is 2. The van der Waals surface area contributed by atoms with Crippen molar-refractivity contribution in [3.63, 3.8) is 0 Å². The summed E-state index contributed by atoms with van der Waals surface area (Å²) in [5, 5.41) is 32.5. The van der Waals surface area contributed by atoms with E-state index < -0.39 is 5.60 Å². The van der Waals surface area contributed by atoms with Crippen LogP contribution in [0.15, 0.2) is 48.8 Å². The standard InChI is InChI=1S/C50H63N11O6S/c1-32(2)39-23-40(43(63)24-42(39)62)48(65)61-29-34-4-3-33(21-35(34)30-61)28-57-13-15-58(16-14-57)37-5-9-59(10-6-37)44(64)25-50(66)7-11-56(12-8-50)31-38-22-41-45(68-38)47(60-17-19-67-20-18-60)55-46(54-41)36-26-52-49(51)53-27-36/h3-4,21-24,26-27,32,37,62-63,66H,5-20,25,28-31H2,1-2H3,(H2,51,52,53). The number of anilines is 2. The van der Waals surface area contributed by atoms with Crippen molar-refractivity contribution in [1.29, 1.82) is 0 Å². The summed E-state index contributed by atoms with van der Waals surface area (Å²) in [7, 11) is 0. The topological polar surface area (TPSA) is 201 Å². The molecule has 4 fully saturated rings. The normalized spacial score (nSPS) is 19.9. The number of phenols is 2. The summed E-state index contributed by atoms with van der Waals surface area (Å²) in [6, 6.07) is 12.0. The van der Waals surface area contributed by atoms with Gasteiger partial charge in [-0.05, 0) is 66.0 Å². The number of fused-ring (bicyclic) bond motifs is 2. The minimum atomic E-state index is -1.00. The van der Waals surface area contributed by atoms with Crippen molar-refractivity contribution in [3.8, 4) is 22.9 Å². The van der Waals surface area contributed by atoms with Gasteiger partial charge < -0.3 is 40.5 Å². The molecule has 0 radical (unpaired) electrons. The van der Waals surface area contributed by atoms with Gasteiger partial charge in [0.15, 0.2) is 11.6 Å². The van der Waals surface area contributed by atoms with Crippen LogP contribution in [0.3, 0.4) is 0 Å². The van der Waals surface area contributed by atoms with Crippen LogP contribution in [0.4, 0.5) is 11.8 Å². The molecule has 5 aromatic rings. The fourth-order valence-electron chi connectivity index (χ4n) is 10.6. The van der Waals surface area contributed by atoms with Crippen LogP contribution in [0, 0.1) is 0 Å². The predicted molar refractivity (Wildman–Crippen MR) is 260 cm³/mol. The summed E-state index contributed by atoms with van der Waals surface area (Å²) in [6.45, 7) is 16.0. The molecule has 5 aliphatic rings. The number of nitrogens with two attached hydrogens (primary N) is 1. The van der Waals surface area contributed by atoms with Crippen LogP contribution in [0.25, 0.3) is 21.6 Å². The second kappa shape index (κ2) is 19.5. The number of phenolic OH excluding ortho intramolecular Hbond substituents is 2. The van der Waals surface area contributed by atoms with Gasteiger partial charge in [0, 0.05) is 121 Å². The van der Waals surface area contributed by atoms with Gasteiger partial charge in [0.2, 0.25) is 11.9 Å². The lowest BCUT2D eigenvalue weighted by Crippen LogP contribution is -2.54. The first-order valence-corrected chi connectivity index (χ1v) is 25.0. The van der Waals surface area contributed by atoms with E-state index in [1.807, 2.05) is 18.7 Å². The minimum absolute atomic E-state index is 0.00149. The van der Waals surface area contributed by atoms with Gasteiger partial charge in [0.05, 0.1) is 46.6 Å². The van der Waals surface area contributed by atoms with Crippen molar-refractivity contribution in [2.24, 2.45) is 0 Å². The van der Waals surface area contributed by atoms with E-state index in [2.05, 4.69) is 53.8 Å². The van der Waals surface area contributed by atoms with Gasteiger partial charge in [0.25, 0.3) is 5.91 Å². The maximum Gasteiger partial charge on any atom is 0.258 e. The zero-order chi connectivity index (χ0) is 47.1. The number of likely N-dealkylation sites (tertiary alicyclic amines) is 2. The fraction of sp³-hybridized carbons (Fsp3) is 0.520. The summed E-state index contributed by atoms with van der Waals surface area (Å²) in [4.78, 5) is 60.0. The zero-order valence-electron chi connectivity index (χ0n) is 39.1. The second-order valence-corrected chi connectivity index (χ2v) is 20.8. The number of nitrogen functional groups attached to an aromatic ring is 1. The van der Waals surface area contributed by atoms with Gasteiger partial charge in [-0.15, -0.1) is 11.3 Å². The number of nitrogens with zero attached hydrogens (tertiary/aromatic N) is 10. The smallest absolute Gasteiger partial charge is 0.258 e. The Hall–Kier alpha value is -5.50. The number of hydrogen-bond donors (Lipinski definition) is 4. The van der Waals surface area contributed by atoms with E-state index in [0.717, 1.165) is 105 Å². The molecule has 360 valence electrons. The van der Waals surface area contributed by atoms with Crippen molar-refractivity contribution < 1.29 is 29.6 Å². The third kappa shape index (κ3) is 9.98. The van der Waals surface area contributed by atoms with E-state index in [-0.39, 0.29) is 47.2 Å². The van der Waals surface area contributed by atoms with Crippen LogP contribution >= 0.6 is 11.3 Å². The maximum absolute atomic E-state index is 13.7. The lowest BCUT2D eigenvalue weighted by atomic mass is 9.87. The van der Waals surface area contributed by atoms with Crippen LogP contribution in [-0.4, -0.2) is 162 Å². The van der Waals surface area contributed by atoms with Gasteiger partial charge in [-0.3, -0.25) is 24.3 Å². The Bertz CT molecular complexity index is 2630. The van der Waals surface area contributed by atoms with Crippen molar-refractivity contribution in [3.05, 3.63) is 81.5 Å². The summed E-state index contributed by atoms with van der Waals surface area (Å²) in [6.07, 6.45) is 6.48. The molecule has 0 atom stereocenters. The molecule has 0 aliphatic carbocycles. The van der Waals surface area contributed by atoms with Crippen molar-refractivity contribution in [1.82, 2.24) is 44.4 Å². The van der Waals surface area contributed by atoms with Gasteiger partial charge >= 0.3 is 0 Å². The summed E-state index contributed by atoms with van der Waals surface area (Å²) in [5.41, 5.74) is 10.7. The minimum Gasteiger partial charge on any atom is -0.508 e. The Morgan fingerprint density at radius 2 is 1.53 bits per heavy atom. The molecule has 2 amide bonds. The Labute approximate surface area is 401 Å². The number of aliphatic hydroxyl groups is 1. The monoisotopic (exact) mass is 945 g/mol. The number of hydrogen-bond acceptors (Lipinski definition) is 16. The van der Waals surface area contributed by atoms with Gasteiger partial charge in [-0.1, -0.05) is 32.0 Å². The molecular weight excluding hydrogens is 883 g/mol. The van der Waals surface area contributed by atoms with Gasteiger partial charge in [-0.2, -0.15) is 0 Å². The number of ether oxygens (including phenoxy) is 1. The number of morpholine rings is 1. The highest BCUT2D eigenvalue weighted by molar-refractivity contribution is 7.19. The van der Waals surface area contributed by atoms with E-state index >= 15 is 0 Å². The molecule has 0 bridgehead atoms. The molecule has 5 aliphatic heterocycles. The molecule has 3 aromatic heterocycles. The van der Waals surface area contributed by atoms with Gasteiger partial charge in [-0.25, -0.2) is 19.9 Å². The maximum atomic E-state index is 13.7. The number of piperidine rings is 2. The predicted octanol–water partition coefficient (Wildman–Crippen LogP) is 4.78. The third-order valence-electron chi connectivity index (χ3n) is 14.7. The molecule has 5 N–H and O–H groups in total. The summed E-state index contributed by atoms with van der Waals surface area (Å²) >= 11 is 1.71. The molecule has 18 heteroatoms. The molecule has 2 aromatic carbocycles. The zero-order valence-corrected chi connectivity index (χ0v) is 40.0. The molecule has 0 unspecified atom stereocenters. The first-order valence-electron chi connectivity index (χ1n) is 24.2. The number of carbonyl (C=O) groups excluding carboxylic acids is 2. The highest BCUT2D eigenvalue weighted by Crippen LogP contribution is 2.38. The summed E-state index contributed by atoms with van der Waals surface area (Å²) < 4.78 is 6.68. The van der Waals surface area contributed by atoms with E-state index in [1.54, 1.807) is 34.7 Å². The van der Waals surface area contributed by atoms with Crippen molar-refractivity contribution in [2.45, 2.75) is 89.7 Å². The van der Waals surface area contributed by atoms with Crippen molar-refractivity contribution >= 4 is 45.1 Å². The largest absolute Gasteiger partial charge is 0.508 e. The number of aromatic nitrogens is 4. The van der Waals surface area contributed by atoms with E-state index in [9.17, 15) is 24.9 Å². The van der Waals surface area contributed by atoms with Crippen LogP contribution in [-0.2, 0) is 35.7 Å². The molecule has 68 heavy (non-hydrogen) atoms. The van der Waals surface area contributed by atoms with Crippen LogP contribution in [0.5, 0.6) is 11.5 Å². The molecule has 10 rings (SSSR count). The number of amides is 2. The number of thiophene rings is 1. The number of piperazine rings is 1. The highest BCUT2D eigenvalue weighted by Gasteiger charge is 2.38. The molecule has 0 saturated carbocycles. The second-order valence-electron chi connectivity index (χ2n) is 19.7. The molecular formula is C50H63N11O6S. The first-order chi connectivity index (χ1) is 32.8. The Morgan fingerprint density at radius 1 is 0.824 bits per heavy atom. The highest BCUT2D eigenvalue weighted by atomic mass is 32.1. The fourth-order valence-corrected chi connectivity index (χ4v) is 11.8. The number of aromatic hydroxyl groups is 2. The lowest BCUT2D eigenvalue weighted by Gasteiger charge is -2.43. The first kappa shape index (κ1) is 46.2. The van der Waals surface area contributed by atoms with E-state index in [0.29, 0.717) is 75.2 Å². The Balaban J connectivity index is 0.668. The lowest BCUT2D eigenvalue weighted by molar-refractivity contribution is -0.140.